The van der Waals surface area contributed by atoms with Crippen molar-refractivity contribution in [3.63, 3.8) is 0 Å². The zero-order valence-electron chi connectivity index (χ0n) is 14.1. The number of fused-ring (bicyclic) bond motifs is 1. The van der Waals surface area contributed by atoms with Gasteiger partial charge in [-0.25, -0.2) is 9.59 Å². The van der Waals surface area contributed by atoms with Gasteiger partial charge >= 0.3 is 12.0 Å². The van der Waals surface area contributed by atoms with Crippen LogP contribution in [0.3, 0.4) is 0 Å². The minimum atomic E-state index is -0.632. The molecule has 6 nitrogen and oxygen atoms in total. The molecular formula is C17H24N2O4S. The van der Waals surface area contributed by atoms with E-state index in [9.17, 15) is 14.4 Å². The molecule has 0 bridgehead atoms. The molecule has 0 saturated carbocycles. The predicted molar refractivity (Wildman–Crippen MR) is 92.2 cm³/mol. The van der Waals surface area contributed by atoms with Crippen molar-refractivity contribution in [2.75, 3.05) is 13.2 Å². The molecule has 7 heteroatoms. The number of hydrogen-bond acceptors (Lipinski definition) is 5. The standard InChI is InChI=1S/C17H24N2O4S/c1-3-4-7-18-17(22)19-15(20)10-23-16(21)14-9-12-8-11(2)5-6-13(12)24-14/h9,11H,3-8,10H2,1-2H3,(H2,18,19,20,22)/t11-/m1/s1. The van der Waals surface area contributed by atoms with Crippen LogP contribution in [0.25, 0.3) is 0 Å². The first-order chi connectivity index (χ1) is 11.5. The van der Waals surface area contributed by atoms with Crippen LogP contribution in [-0.4, -0.2) is 31.1 Å². The summed E-state index contributed by atoms with van der Waals surface area (Å²) >= 11 is 1.44. The first-order valence-electron chi connectivity index (χ1n) is 8.36. The topological polar surface area (TPSA) is 84.5 Å². The lowest BCUT2D eigenvalue weighted by Gasteiger charge is -2.16. The summed E-state index contributed by atoms with van der Waals surface area (Å²) in [4.78, 5) is 36.8. The molecule has 3 amide bonds. The van der Waals surface area contributed by atoms with Gasteiger partial charge < -0.3 is 10.1 Å². The summed E-state index contributed by atoms with van der Waals surface area (Å²) in [6.07, 6.45) is 4.91. The second-order valence-corrected chi connectivity index (χ2v) is 7.28. The number of ether oxygens (including phenoxy) is 1. The smallest absolute Gasteiger partial charge is 0.348 e. The van der Waals surface area contributed by atoms with Crippen LogP contribution >= 0.6 is 11.3 Å². The zero-order valence-corrected chi connectivity index (χ0v) is 15.0. The summed E-state index contributed by atoms with van der Waals surface area (Å²) in [5, 5.41) is 4.70. The normalized spacial score (nSPS) is 16.2. The highest BCUT2D eigenvalue weighted by molar-refractivity contribution is 7.14. The van der Waals surface area contributed by atoms with Crippen LogP contribution < -0.4 is 10.6 Å². The van der Waals surface area contributed by atoms with Gasteiger partial charge in [0.15, 0.2) is 6.61 Å². The number of thiophene rings is 1. The van der Waals surface area contributed by atoms with E-state index in [0.29, 0.717) is 17.3 Å². The maximum atomic E-state index is 12.1. The van der Waals surface area contributed by atoms with Crippen LogP contribution in [0.2, 0.25) is 0 Å². The minimum Gasteiger partial charge on any atom is -0.451 e. The number of urea groups is 1. The maximum absolute atomic E-state index is 12.1. The maximum Gasteiger partial charge on any atom is 0.348 e. The van der Waals surface area contributed by atoms with Crippen LogP contribution in [0.1, 0.15) is 53.2 Å². The predicted octanol–water partition coefficient (Wildman–Crippen LogP) is 2.66. The van der Waals surface area contributed by atoms with Gasteiger partial charge in [-0.2, -0.15) is 0 Å². The SMILES string of the molecule is CCCCNC(=O)NC(=O)COC(=O)c1cc2c(s1)CC[C@@H](C)C2. The number of amides is 3. The Morgan fingerprint density at radius 2 is 2.17 bits per heavy atom. The molecule has 1 aromatic heterocycles. The van der Waals surface area contributed by atoms with Crippen molar-refractivity contribution in [1.29, 1.82) is 0 Å². The van der Waals surface area contributed by atoms with Crippen molar-refractivity contribution in [3.05, 3.63) is 21.4 Å². The zero-order chi connectivity index (χ0) is 17.5. The third kappa shape index (κ3) is 5.33. The van der Waals surface area contributed by atoms with Crippen molar-refractivity contribution in [2.45, 2.75) is 46.0 Å². The summed E-state index contributed by atoms with van der Waals surface area (Å²) in [7, 11) is 0. The number of imide groups is 1. The summed E-state index contributed by atoms with van der Waals surface area (Å²) in [6, 6.07) is 1.30. The van der Waals surface area contributed by atoms with E-state index in [1.807, 2.05) is 13.0 Å². The third-order valence-corrected chi connectivity index (χ3v) is 5.15. The molecule has 0 spiro atoms. The summed E-state index contributed by atoms with van der Waals surface area (Å²) in [5.41, 5.74) is 1.21. The molecule has 0 fully saturated rings. The first-order valence-corrected chi connectivity index (χ1v) is 9.17. The van der Waals surface area contributed by atoms with Crippen molar-refractivity contribution < 1.29 is 19.1 Å². The monoisotopic (exact) mass is 352 g/mol. The molecule has 1 aromatic rings. The number of rotatable bonds is 6. The average Bonchev–Trinajstić information content (AvgIpc) is 2.96. The fourth-order valence-electron chi connectivity index (χ4n) is 2.59. The Bertz CT molecular complexity index is 612. The van der Waals surface area contributed by atoms with Gasteiger partial charge in [-0.3, -0.25) is 10.1 Å². The lowest BCUT2D eigenvalue weighted by atomic mass is 9.90. The van der Waals surface area contributed by atoms with E-state index < -0.39 is 24.5 Å². The van der Waals surface area contributed by atoms with E-state index in [1.165, 1.54) is 21.8 Å². The molecule has 0 aromatic carbocycles. The molecule has 0 saturated heterocycles. The van der Waals surface area contributed by atoms with Gasteiger partial charge in [0.25, 0.3) is 5.91 Å². The van der Waals surface area contributed by atoms with Crippen molar-refractivity contribution in [2.24, 2.45) is 5.92 Å². The molecule has 2 N–H and O–H groups in total. The van der Waals surface area contributed by atoms with Gasteiger partial charge in [-0.1, -0.05) is 20.3 Å². The fourth-order valence-corrected chi connectivity index (χ4v) is 3.70. The quantitative estimate of drug-likeness (QED) is 0.609. The van der Waals surface area contributed by atoms with Crippen LogP contribution in [-0.2, 0) is 22.4 Å². The Hall–Kier alpha value is -1.89. The van der Waals surface area contributed by atoms with Crippen molar-refractivity contribution >= 4 is 29.2 Å². The van der Waals surface area contributed by atoms with Crippen LogP contribution in [0.4, 0.5) is 4.79 Å². The molecule has 1 heterocycles. The highest BCUT2D eigenvalue weighted by Gasteiger charge is 2.21. The second-order valence-electron chi connectivity index (χ2n) is 6.14. The Kier molecular flexibility index (Phi) is 6.78. The van der Waals surface area contributed by atoms with Gasteiger partial charge in [-0.15, -0.1) is 11.3 Å². The second kappa shape index (κ2) is 8.82. The number of aryl methyl sites for hydroxylation is 1. The van der Waals surface area contributed by atoms with Gasteiger partial charge in [0.05, 0.1) is 0 Å². The summed E-state index contributed by atoms with van der Waals surface area (Å²) in [6.45, 7) is 4.26. The molecule has 132 valence electrons. The Morgan fingerprint density at radius 3 is 2.92 bits per heavy atom. The van der Waals surface area contributed by atoms with E-state index in [1.54, 1.807) is 0 Å². The van der Waals surface area contributed by atoms with Gasteiger partial charge in [-0.05, 0) is 43.2 Å². The number of hydrogen-bond donors (Lipinski definition) is 2. The molecule has 1 aliphatic rings. The lowest BCUT2D eigenvalue weighted by Crippen LogP contribution is -2.41. The molecule has 2 rings (SSSR count). The van der Waals surface area contributed by atoms with E-state index in [2.05, 4.69) is 17.6 Å². The highest BCUT2D eigenvalue weighted by Crippen LogP contribution is 2.32. The molecule has 24 heavy (non-hydrogen) atoms. The molecule has 0 aliphatic heterocycles. The summed E-state index contributed by atoms with van der Waals surface area (Å²) < 4.78 is 5.00. The van der Waals surface area contributed by atoms with Gasteiger partial charge in [0, 0.05) is 11.4 Å². The highest BCUT2D eigenvalue weighted by atomic mass is 32.1. The first kappa shape index (κ1) is 18.4. The van der Waals surface area contributed by atoms with Crippen LogP contribution in [0, 0.1) is 5.92 Å². The minimum absolute atomic E-state index is 0.459. The van der Waals surface area contributed by atoms with Crippen LogP contribution in [0.5, 0.6) is 0 Å². The number of carbonyl (C=O) groups excluding carboxylic acids is 3. The largest absolute Gasteiger partial charge is 0.451 e. The van der Waals surface area contributed by atoms with Crippen LogP contribution in [0.15, 0.2) is 6.07 Å². The van der Waals surface area contributed by atoms with Crippen molar-refractivity contribution in [1.82, 2.24) is 10.6 Å². The molecule has 1 aliphatic carbocycles. The Morgan fingerprint density at radius 1 is 1.38 bits per heavy atom. The third-order valence-electron chi connectivity index (χ3n) is 3.93. The van der Waals surface area contributed by atoms with Gasteiger partial charge in [0.2, 0.25) is 0 Å². The molecular weight excluding hydrogens is 328 g/mol. The Balaban J connectivity index is 1.76. The molecule has 1 atom stereocenters. The summed E-state index contributed by atoms with van der Waals surface area (Å²) in [5.74, 6) is -0.510. The Labute approximate surface area is 146 Å². The van der Waals surface area contributed by atoms with Gasteiger partial charge in [0.1, 0.15) is 4.88 Å². The van der Waals surface area contributed by atoms with E-state index >= 15 is 0 Å². The van der Waals surface area contributed by atoms with E-state index in [4.69, 9.17) is 4.74 Å². The van der Waals surface area contributed by atoms with Crippen molar-refractivity contribution in [3.8, 4) is 0 Å². The van der Waals surface area contributed by atoms with E-state index in [-0.39, 0.29) is 0 Å². The lowest BCUT2D eigenvalue weighted by molar-refractivity contribution is -0.123. The average molecular weight is 352 g/mol. The number of unbranched alkanes of at least 4 members (excludes halogenated alkanes) is 1. The number of esters is 1. The van der Waals surface area contributed by atoms with E-state index in [0.717, 1.165) is 32.1 Å². The molecule has 0 unspecified atom stereocenters. The molecule has 0 radical (unpaired) electrons. The number of carbonyl (C=O) groups is 3. The number of nitrogens with one attached hydrogen (secondary N) is 2. The fraction of sp³-hybridized carbons (Fsp3) is 0.588.